The van der Waals surface area contributed by atoms with E-state index in [2.05, 4.69) is 20.4 Å². The highest BCUT2D eigenvalue weighted by molar-refractivity contribution is 5.95. The molecule has 4 heterocycles. The number of fused-ring (bicyclic) bond motifs is 1. The number of anilines is 2. The maximum Gasteiger partial charge on any atom is 0.226 e. The number of carbonyl (C=O) groups is 1. The van der Waals surface area contributed by atoms with Crippen LogP contribution in [0.15, 0.2) is 30.3 Å². The van der Waals surface area contributed by atoms with E-state index in [0.29, 0.717) is 36.2 Å². The van der Waals surface area contributed by atoms with Crippen molar-refractivity contribution in [3.8, 4) is 17.3 Å². The second-order valence-electron chi connectivity index (χ2n) is 8.67. The van der Waals surface area contributed by atoms with Gasteiger partial charge in [-0.3, -0.25) is 4.79 Å². The molecule has 1 aromatic carbocycles. The summed E-state index contributed by atoms with van der Waals surface area (Å²) in [5, 5.41) is 16.7. The van der Waals surface area contributed by atoms with Gasteiger partial charge in [0.1, 0.15) is 5.82 Å². The Morgan fingerprint density at radius 2 is 1.85 bits per heavy atom. The van der Waals surface area contributed by atoms with Gasteiger partial charge in [-0.15, -0.1) is 10.2 Å². The third-order valence-electron chi connectivity index (χ3n) is 6.53. The maximum absolute atomic E-state index is 12.8. The standard InChI is InChI=1S/C25H30N6O3/c1-4-34-24-17(9-8-10-19(24)33-3)18-15-22(32)26-25-23(18)16(2)29-31(25)21-12-11-20(27-28-21)30-13-6-5-7-14-30/h8-12,18H,4-7,13-15H2,1-3H3,(H,26,32). The van der Waals surface area contributed by atoms with Gasteiger partial charge in [-0.2, -0.15) is 9.78 Å². The number of methoxy groups -OCH3 is 1. The van der Waals surface area contributed by atoms with E-state index in [1.165, 1.54) is 19.3 Å². The monoisotopic (exact) mass is 462 g/mol. The molecule has 0 spiro atoms. The zero-order valence-corrected chi connectivity index (χ0v) is 19.9. The molecule has 1 amide bonds. The number of hydrogen-bond acceptors (Lipinski definition) is 7. The number of nitrogens with zero attached hydrogens (tertiary/aromatic N) is 5. The molecule has 9 heteroatoms. The highest BCUT2D eigenvalue weighted by Gasteiger charge is 2.35. The zero-order valence-electron chi connectivity index (χ0n) is 19.9. The molecule has 2 aliphatic rings. The second kappa shape index (κ2) is 9.32. The van der Waals surface area contributed by atoms with E-state index in [9.17, 15) is 4.79 Å². The molecule has 178 valence electrons. The van der Waals surface area contributed by atoms with Gasteiger partial charge in [0.05, 0.1) is 19.4 Å². The lowest BCUT2D eigenvalue weighted by atomic mass is 9.85. The van der Waals surface area contributed by atoms with Crippen LogP contribution in [0.4, 0.5) is 11.6 Å². The van der Waals surface area contributed by atoms with Gasteiger partial charge >= 0.3 is 0 Å². The number of rotatable bonds is 6. The molecular formula is C25H30N6O3. The minimum atomic E-state index is -0.213. The number of carbonyl (C=O) groups excluding carboxylic acids is 1. The smallest absolute Gasteiger partial charge is 0.226 e. The Morgan fingerprint density at radius 3 is 2.56 bits per heavy atom. The first kappa shape index (κ1) is 22.2. The van der Waals surface area contributed by atoms with Gasteiger partial charge < -0.3 is 19.7 Å². The number of amides is 1. The van der Waals surface area contributed by atoms with Crippen LogP contribution in [0.5, 0.6) is 11.5 Å². The fourth-order valence-corrected chi connectivity index (χ4v) is 4.97. The van der Waals surface area contributed by atoms with Crippen LogP contribution in [-0.4, -0.2) is 52.7 Å². The van der Waals surface area contributed by atoms with Crippen LogP contribution in [0, 0.1) is 6.92 Å². The normalized spacial score (nSPS) is 17.8. The van der Waals surface area contributed by atoms with Gasteiger partial charge in [0.2, 0.25) is 5.91 Å². The molecule has 5 rings (SSSR count). The quantitative estimate of drug-likeness (QED) is 0.595. The Bertz CT molecular complexity index is 1180. The van der Waals surface area contributed by atoms with Crippen LogP contribution in [0.2, 0.25) is 0 Å². The van der Waals surface area contributed by atoms with Crippen LogP contribution >= 0.6 is 0 Å². The molecule has 34 heavy (non-hydrogen) atoms. The summed E-state index contributed by atoms with van der Waals surface area (Å²) in [7, 11) is 1.62. The molecule has 1 fully saturated rings. The highest BCUT2D eigenvalue weighted by Crippen LogP contribution is 2.45. The zero-order chi connectivity index (χ0) is 23.7. The van der Waals surface area contributed by atoms with E-state index < -0.39 is 0 Å². The summed E-state index contributed by atoms with van der Waals surface area (Å²) in [6.07, 6.45) is 3.92. The fourth-order valence-electron chi connectivity index (χ4n) is 4.97. The summed E-state index contributed by atoms with van der Waals surface area (Å²) >= 11 is 0. The number of nitrogens with one attached hydrogen (secondary N) is 1. The van der Waals surface area contributed by atoms with Gasteiger partial charge in [-0.25, -0.2) is 0 Å². The summed E-state index contributed by atoms with van der Waals surface area (Å²) in [4.78, 5) is 15.1. The number of aryl methyl sites for hydroxylation is 1. The summed E-state index contributed by atoms with van der Waals surface area (Å²) in [5.41, 5.74) is 2.69. The summed E-state index contributed by atoms with van der Waals surface area (Å²) in [6, 6.07) is 9.68. The Balaban J connectivity index is 1.55. The first-order valence-electron chi connectivity index (χ1n) is 11.9. The fraction of sp³-hybridized carbons (Fsp3) is 0.440. The van der Waals surface area contributed by atoms with E-state index in [1.54, 1.807) is 11.8 Å². The van der Waals surface area contributed by atoms with E-state index in [4.69, 9.17) is 14.6 Å². The molecule has 2 aromatic heterocycles. The predicted octanol–water partition coefficient (Wildman–Crippen LogP) is 3.84. The number of aromatic nitrogens is 4. The van der Waals surface area contributed by atoms with Crippen molar-refractivity contribution in [3.63, 3.8) is 0 Å². The molecule has 9 nitrogen and oxygen atoms in total. The molecule has 1 N–H and O–H groups in total. The highest BCUT2D eigenvalue weighted by atomic mass is 16.5. The molecule has 0 aliphatic carbocycles. The molecule has 0 bridgehead atoms. The molecule has 1 atom stereocenters. The number of hydrogen-bond donors (Lipinski definition) is 1. The lowest BCUT2D eigenvalue weighted by molar-refractivity contribution is -0.116. The minimum absolute atomic E-state index is 0.0817. The Labute approximate surface area is 199 Å². The van der Waals surface area contributed by atoms with E-state index in [1.807, 2.05) is 44.2 Å². The third-order valence-corrected chi connectivity index (χ3v) is 6.53. The molecule has 2 aliphatic heterocycles. The second-order valence-corrected chi connectivity index (χ2v) is 8.67. The van der Waals surface area contributed by atoms with Crippen molar-refractivity contribution >= 4 is 17.5 Å². The Hall–Kier alpha value is -3.62. The van der Waals surface area contributed by atoms with Crippen LogP contribution in [0.1, 0.15) is 55.3 Å². The molecular weight excluding hydrogens is 432 g/mol. The largest absolute Gasteiger partial charge is 0.493 e. The van der Waals surface area contributed by atoms with Crippen molar-refractivity contribution in [2.75, 3.05) is 37.0 Å². The van der Waals surface area contributed by atoms with Crippen molar-refractivity contribution in [2.45, 2.75) is 45.4 Å². The van der Waals surface area contributed by atoms with Gasteiger partial charge in [0.25, 0.3) is 0 Å². The summed E-state index contributed by atoms with van der Waals surface area (Å²) in [6.45, 7) is 6.40. The van der Waals surface area contributed by atoms with Crippen molar-refractivity contribution in [1.82, 2.24) is 20.0 Å². The molecule has 1 saturated heterocycles. The average Bonchev–Trinajstić information content (AvgIpc) is 3.20. The lowest BCUT2D eigenvalue weighted by Crippen LogP contribution is -2.30. The SMILES string of the molecule is CCOc1c(OC)cccc1C1CC(=O)Nc2c1c(C)nn2-c1ccc(N2CCCCC2)nn1. The first-order chi connectivity index (χ1) is 16.6. The van der Waals surface area contributed by atoms with Gasteiger partial charge in [0.15, 0.2) is 23.1 Å². The van der Waals surface area contributed by atoms with Crippen molar-refractivity contribution in [3.05, 3.63) is 47.2 Å². The Morgan fingerprint density at radius 1 is 1.09 bits per heavy atom. The molecule has 3 aromatic rings. The van der Waals surface area contributed by atoms with Crippen molar-refractivity contribution in [1.29, 1.82) is 0 Å². The van der Waals surface area contributed by atoms with Gasteiger partial charge in [-0.05, 0) is 51.3 Å². The lowest BCUT2D eigenvalue weighted by Gasteiger charge is -2.27. The Kier molecular flexibility index (Phi) is 6.08. The van der Waals surface area contributed by atoms with Crippen LogP contribution in [0.25, 0.3) is 5.82 Å². The van der Waals surface area contributed by atoms with Crippen LogP contribution in [-0.2, 0) is 4.79 Å². The molecule has 0 radical (unpaired) electrons. The summed E-state index contributed by atoms with van der Waals surface area (Å²) < 4.78 is 13.2. The number of ether oxygens (including phenoxy) is 2. The van der Waals surface area contributed by atoms with Crippen LogP contribution in [0.3, 0.4) is 0 Å². The first-order valence-corrected chi connectivity index (χ1v) is 11.9. The minimum Gasteiger partial charge on any atom is -0.493 e. The van der Waals surface area contributed by atoms with E-state index in [-0.39, 0.29) is 11.8 Å². The molecule has 0 saturated carbocycles. The topological polar surface area (TPSA) is 94.4 Å². The number of para-hydroxylation sites is 1. The van der Waals surface area contributed by atoms with Crippen molar-refractivity contribution in [2.24, 2.45) is 0 Å². The summed E-state index contributed by atoms with van der Waals surface area (Å²) in [5.74, 6) is 3.09. The third kappa shape index (κ3) is 3.95. The van der Waals surface area contributed by atoms with E-state index >= 15 is 0 Å². The number of benzene rings is 1. The van der Waals surface area contributed by atoms with Crippen LogP contribution < -0.4 is 19.7 Å². The average molecular weight is 463 g/mol. The maximum atomic E-state index is 12.8. The van der Waals surface area contributed by atoms with Gasteiger partial charge in [0, 0.05) is 36.6 Å². The van der Waals surface area contributed by atoms with Crippen molar-refractivity contribution < 1.29 is 14.3 Å². The predicted molar refractivity (Wildman–Crippen MR) is 129 cm³/mol. The number of piperidine rings is 1. The molecule has 1 unspecified atom stereocenters. The van der Waals surface area contributed by atoms with E-state index in [0.717, 1.165) is 35.7 Å². The van der Waals surface area contributed by atoms with Gasteiger partial charge in [-0.1, -0.05) is 12.1 Å².